The van der Waals surface area contributed by atoms with Gasteiger partial charge < -0.3 is 14.8 Å². The Morgan fingerprint density at radius 3 is 2.68 bits per heavy atom. The molecule has 0 radical (unpaired) electrons. The van der Waals surface area contributed by atoms with Crippen LogP contribution in [0.1, 0.15) is 13.3 Å². The van der Waals surface area contributed by atoms with Crippen LogP contribution in [-0.2, 0) is 4.79 Å². The Balaban J connectivity index is 2.07. The van der Waals surface area contributed by atoms with Gasteiger partial charge in [-0.3, -0.25) is 4.79 Å². The highest BCUT2D eigenvalue weighted by molar-refractivity contribution is 6.32. The minimum atomic E-state index is -0.619. The first-order valence-electron chi connectivity index (χ1n) is 7.00. The van der Waals surface area contributed by atoms with Crippen molar-refractivity contribution in [3.63, 3.8) is 0 Å². The number of rotatable bonds is 6. The molecule has 1 amide bonds. The van der Waals surface area contributed by atoms with Crippen molar-refractivity contribution in [2.24, 2.45) is 0 Å². The van der Waals surface area contributed by atoms with Crippen LogP contribution in [0, 0.1) is 0 Å². The maximum absolute atomic E-state index is 12.3. The van der Waals surface area contributed by atoms with Gasteiger partial charge in [0.05, 0.1) is 12.1 Å². The Morgan fingerprint density at radius 2 is 2.00 bits per heavy atom. The van der Waals surface area contributed by atoms with Gasteiger partial charge in [-0.25, -0.2) is 0 Å². The van der Waals surface area contributed by atoms with Crippen LogP contribution in [0.5, 0.6) is 11.5 Å². The number of anilines is 1. The maximum Gasteiger partial charge on any atom is 0.265 e. The molecule has 22 heavy (non-hydrogen) atoms. The molecule has 0 saturated heterocycles. The topological polar surface area (TPSA) is 47.6 Å². The van der Waals surface area contributed by atoms with Crippen molar-refractivity contribution in [1.29, 1.82) is 0 Å². The van der Waals surface area contributed by atoms with Crippen LogP contribution in [0.3, 0.4) is 0 Å². The molecule has 4 nitrogen and oxygen atoms in total. The maximum atomic E-state index is 12.3. The summed E-state index contributed by atoms with van der Waals surface area (Å²) in [6.07, 6.45) is -0.0906. The van der Waals surface area contributed by atoms with Crippen molar-refractivity contribution >= 4 is 23.2 Å². The number of ether oxygens (including phenoxy) is 2. The van der Waals surface area contributed by atoms with Gasteiger partial charge in [0.15, 0.2) is 6.10 Å². The second-order valence-corrected chi connectivity index (χ2v) is 5.07. The molecule has 2 aromatic rings. The lowest BCUT2D eigenvalue weighted by Crippen LogP contribution is -2.32. The van der Waals surface area contributed by atoms with E-state index in [9.17, 15) is 4.79 Å². The molecule has 1 unspecified atom stereocenters. The van der Waals surface area contributed by atoms with E-state index in [0.717, 1.165) is 0 Å². The fraction of sp³-hybridized carbons (Fsp3) is 0.235. The average molecular weight is 320 g/mol. The molecular formula is C17H18ClNO3. The summed E-state index contributed by atoms with van der Waals surface area (Å²) in [6.45, 7) is 1.88. The summed E-state index contributed by atoms with van der Waals surface area (Å²) in [5.41, 5.74) is 0.658. The third-order valence-corrected chi connectivity index (χ3v) is 3.42. The van der Waals surface area contributed by atoms with E-state index in [4.69, 9.17) is 21.1 Å². The van der Waals surface area contributed by atoms with Crippen LogP contribution >= 0.6 is 11.6 Å². The fourth-order valence-corrected chi connectivity index (χ4v) is 2.12. The molecule has 0 heterocycles. The Labute approximate surface area is 135 Å². The van der Waals surface area contributed by atoms with Gasteiger partial charge >= 0.3 is 0 Å². The van der Waals surface area contributed by atoms with Gasteiger partial charge in [0.1, 0.15) is 11.5 Å². The summed E-state index contributed by atoms with van der Waals surface area (Å²) in [4.78, 5) is 12.3. The van der Waals surface area contributed by atoms with E-state index in [1.807, 2.05) is 31.2 Å². The van der Waals surface area contributed by atoms with Crippen molar-refractivity contribution in [2.45, 2.75) is 19.4 Å². The second kappa shape index (κ2) is 7.71. The number of benzene rings is 2. The van der Waals surface area contributed by atoms with Crippen molar-refractivity contribution in [3.05, 3.63) is 53.6 Å². The summed E-state index contributed by atoms with van der Waals surface area (Å²) < 4.78 is 10.8. The number of methoxy groups -OCH3 is 1. The van der Waals surface area contributed by atoms with E-state index in [2.05, 4.69) is 5.32 Å². The van der Waals surface area contributed by atoms with Crippen molar-refractivity contribution in [2.75, 3.05) is 12.4 Å². The highest BCUT2D eigenvalue weighted by Crippen LogP contribution is 2.25. The Bertz CT molecular complexity index is 645. The lowest BCUT2D eigenvalue weighted by molar-refractivity contribution is -0.122. The third-order valence-electron chi connectivity index (χ3n) is 3.11. The molecule has 1 atom stereocenters. The number of carbonyl (C=O) groups is 1. The van der Waals surface area contributed by atoms with Crippen LogP contribution in [0.2, 0.25) is 5.02 Å². The molecule has 0 aromatic heterocycles. The van der Waals surface area contributed by atoms with Crippen LogP contribution < -0.4 is 14.8 Å². The minimum absolute atomic E-state index is 0.226. The lowest BCUT2D eigenvalue weighted by atomic mass is 10.2. The molecule has 0 aliphatic heterocycles. The third kappa shape index (κ3) is 4.15. The molecular weight excluding hydrogens is 302 g/mol. The van der Waals surface area contributed by atoms with Crippen molar-refractivity contribution in [1.82, 2.24) is 0 Å². The summed E-state index contributed by atoms with van der Waals surface area (Å²) >= 11 is 6.06. The Morgan fingerprint density at radius 1 is 1.23 bits per heavy atom. The largest absolute Gasteiger partial charge is 0.497 e. The molecule has 0 bridgehead atoms. The smallest absolute Gasteiger partial charge is 0.265 e. The highest BCUT2D eigenvalue weighted by Gasteiger charge is 2.19. The molecule has 0 aliphatic carbocycles. The van der Waals surface area contributed by atoms with E-state index < -0.39 is 6.10 Å². The van der Waals surface area contributed by atoms with Gasteiger partial charge in [0.2, 0.25) is 0 Å². The van der Waals surface area contributed by atoms with Crippen molar-refractivity contribution < 1.29 is 14.3 Å². The summed E-state index contributed by atoms with van der Waals surface area (Å²) in [7, 11) is 1.58. The molecule has 0 fully saturated rings. The monoisotopic (exact) mass is 319 g/mol. The zero-order valence-electron chi connectivity index (χ0n) is 12.5. The van der Waals surface area contributed by atoms with Gasteiger partial charge in [-0.05, 0) is 30.7 Å². The number of hydrogen-bond donors (Lipinski definition) is 1. The van der Waals surface area contributed by atoms with Gasteiger partial charge in [-0.1, -0.05) is 36.7 Å². The number of halogens is 1. The quantitative estimate of drug-likeness (QED) is 0.870. The predicted octanol–water partition coefficient (Wildman–Crippen LogP) is 4.14. The lowest BCUT2D eigenvalue weighted by Gasteiger charge is -2.18. The van der Waals surface area contributed by atoms with E-state index in [1.54, 1.807) is 31.4 Å². The first-order chi connectivity index (χ1) is 10.6. The molecule has 2 aromatic carbocycles. The summed E-state index contributed by atoms with van der Waals surface area (Å²) in [5, 5.41) is 3.30. The molecule has 116 valence electrons. The summed E-state index contributed by atoms with van der Waals surface area (Å²) in [6, 6.07) is 14.3. The van der Waals surface area contributed by atoms with E-state index in [1.165, 1.54) is 0 Å². The summed E-state index contributed by atoms with van der Waals surface area (Å²) in [5.74, 6) is 0.949. The van der Waals surface area contributed by atoms with Crippen LogP contribution in [-0.4, -0.2) is 19.1 Å². The van der Waals surface area contributed by atoms with Gasteiger partial charge in [-0.2, -0.15) is 0 Å². The SMILES string of the molecule is CCC(Oc1ccccc1Cl)C(=O)Nc1cccc(OC)c1. The van der Waals surface area contributed by atoms with Gasteiger partial charge in [0.25, 0.3) is 5.91 Å². The molecule has 5 heteroatoms. The molecule has 0 aliphatic rings. The van der Waals surface area contributed by atoms with Crippen molar-refractivity contribution in [3.8, 4) is 11.5 Å². The van der Waals surface area contributed by atoms with E-state index >= 15 is 0 Å². The zero-order valence-corrected chi connectivity index (χ0v) is 13.3. The number of amides is 1. The number of nitrogens with one attached hydrogen (secondary N) is 1. The first-order valence-corrected chi connectivity index (χ1v) is 7.38. The van der Waals surface area contributed by atoms with E-state index in [-0.39, 0.29) is 5.91 Å². The van der Waals surface area contributed by atoms with Gasteiger partial charge in [0, 0.05) is 11.8 Å². The molecule has 0 spiro atoms. The minimum Gasteiger partial charge on any atom is -0.497 e. The van der Waals surface area contributed by atoms with Crippen LogP contribution in [0.15, 0.2) is 48.5 Å². The van der Waals surface area contributed by atoms with Crippen LogP contribution in [0.25, 0.3) is 0 Å². The standard InChI is InChI=1S/C17H18ClNO3/c1-3-15(22-16-10-5-4-9-14(16)18)17(20)19-12-7-6-8-13(11-12)21-2/h4-11,15H,3H2,1-2H3,(H,19,20). The van der Waals surface area contributed by atoms with E-state index in [0.29, 0.717) is 28.6 Å². The van der Waals surface area contributed by atoms with Crippen LogP contribution in [0.4, 0.5) is 5.69 Å². The highest BCUT2D eigenvalue weighted by atomic mass is 35.5. The van der Waals surface area contributed by atoms with Gasteiger partial charge in [-0.15, -0.1) is 0 Å². The average Bonchev–Trinajstić information content (AvgIpc) is 2.54. The predicted molar refractivity (Wildman–Crippen MR) is 87.8 cm³/mol. The number of carbonyl (C=O) groups excluding carboxylic acids is 1. The second-order valence-electron chi connectivity index (χ2n) is 4.67. The molecule has 0 saturated carbocycles. The fourth-order valence-electron chi connectivity index (χ4n) is 1.94. The molecule has 2 rings (SSSR count). The number of hydrogen-bond acceptors (Lipinski definition) is 3. The normalized spacial score (nSPS) is 11.6. The Hall–Kier alpha value is -2.20. The number of para-hydroxylation sites is 1. The molecule has 1 N–H and O–H groups in total. The Kier molecular flexibility index (Phi) is 5.67. The zero-order chi connectivity index (χ0) is 15.9. The first kappa shape index (κ1) is 16.2.